The van der Waals surface area contributed by atoms with E-state index in [1.165, 1.54) is 28.7 Å². The number of aryl methyl sites for hydroxylation is 1. The Bertz CT molecular complexity index is 1120. The van der Waals surface area contributed by atoms with Gasteiger partial charge in [0.15, 0.2) is 10.3 Å². The average molecular weight is 436 g/mol. The fraction of sp³-hybridized carbons (Fsp3) is 0.182. The van der Waals surface area contributed by atoms with Gasteiger partial charge in [-0.05, 0) is 24.6 Å². The number of anilines is 2. The van der Waals surface area contributed by atoms with Crippen molar-refractivity contribution in [2.24, 2.45) is 7.05 Å². The third-order valence-electron chi connectivity index (χ3n) is 4.52. The Hall–Kier alpha value is -2.97. The van der Waals surface area contributed by atoms with Crippen LogP contribution in [0.25, 0.3) is 0 Å². The van der Waals surface area contributed by atoms with Crippen molar-refractivity contribution in [1.29, 1.82) is 0 Å². The molecule has 0 saturated heterocycles. The molecule has 2 aromatic heterocycles. The molecule has 0 aliphatic heterocycles. The molecule has 0 atom stereocenters. The molecule has 0 unspecified atom stereocenters. The molecule has 0 spiro atoms. The molecule has 1 amide bonds. The summed E-state index contributed by atoms with van der Waals surface area (Å²) in [4.78, 5) is 19.3. The van der Waals surface area contributed by atoms with Crippen molar-refractivity contribution in [2.75, 3.05) is 10.7 Å². The highest BCUT2D eigenvalue weighted by molar-refractivity contribution is 7.99. The molecule has 0 fully saturated rings. The number of hydrogen-bond donors (Lipinski definition) is 0. The molecular weight excluding hydrogens is 414 g/mol. The van der Waals surface area contributed by atoms with Gasteiger partial charge in [0.2, 0.25) is 5.91 Å². The van der Waals surface area contributed by atoms with Gasteiger partial charge >= 0.3 is 0 Å². The maximum Gasteiger partial charge on any atom is 0.243 e. The standard InChI is InChI=1S/C22H21N5OS2/c1-16-14-29-21(23-16)27(18-11-7-4-8-12-18)20(28)15-30-22-25-24-19(26(22)2)13-17-9-5-3-6-10-17/h3-12,14H,13,15H2,1-2H3. The molecule has 4 aromatic rings. The van der Waals surface area contributed by atoms with Crippen molar-refractivity contribution in [1.82, 2.24) is 19.7 Å². The SMILES string of the molecule is Cc1csc(N(C(=O)CSc2nnc(Cc3ccccc3)n2C)c2ccccc2)n1. The average Bonchev–Trinajstić information content (AvgIpc) is 3.34. The molecule has 8 heteroatoms. The molecule has 0 saturated carbocycles. The van der Waals surface area contributed by atoms with Gasteiger partial charge in [-0.3, -0.25) is 9.69 Å². The van der Waals surface area contributed by atoms with Crippen molar-refractivity contribution in [3.8, 4) is 0 Å². The second-order valence-electron chi connectivity index (χ2n) is 6.75. The van der Waals surface area contributed by atoms with E-state index in [0.717, 1.165) is 22.4 Å². The van der Waals surface area contributed by atoms with E-state index in [2.05, 4.69) is 27.3 Å². The van der Waals surface area contributed by atoms with E-state index in [0.29, 0.717) is 11.6 Å². The van der Waals surface area contributed by atoms with Crippen LogP contribution in [0.5, 0.6) is 0 Å². The molecule has 4 rings (SSSR count). The number of thioether (sulfide) groups is 1. The molecule has 152 valence electrons. The Morgan fingerprint density at radius 3 is 2.43 bits per heavy atom. The minimum Gasteiger partial charge on any atom is -0.309 e. The van der Waals surface area contributed by atoms with Crippen LogP contribution in [0.15, 0.2) is 71.2 Å². The summed E-state index contributed by atoms with van der Waals surface area (Å²) in [6.45, 7) is 1.93. The summed E-state index contributed by atoms with van der Waals surface area (Å²) in [5.74, 6) is 1.06. The van der Waals surface area contributed by atoms with Crippen LogP contribution in [0.1, 0.15) is 17.1 Å². The number of hydrogen-bond acceptors (Lipinski definition) is 6. The lowest BCUT2D eigenvalue weighted by Gasteiger charge is -2.19. The Balaban J connectivity index is 1.49. The predicted molar refractivity (Wildman–Crippen MR) is 121 cm³/mol. The van der Waals surface area contributed by atoms with Crippen LogP contribution in [-0.4, -0.2) is 31.4 Å². The first kappa shape index (κ1) is 20.3. The van der Waals surface area contributed by atoms with Crippen molar-refractivity contribution < 1.29 is 4.79 Å². The molecule has 2 heterocycles. The minimum atomic E-state index is -0.0480. The van der Waals surface area contributed by atoms with Crippen molar-refractivity contribution in [3.63, 3.8) is 0 Å². The molecular formula is C22H21N5OS2. The lowest BCUT2D eigenvalue weighted by Crippen LogP contribution is -2.27. The van der Waals surface area contributed by atoms with Crippen LogP contribution in [0.3, 0.4) is 0 Å². The molecule has 0 radical (unpaired) electrons. The molecule has 0 bridgehead atoms. The third kappa shape index (κ3) is 4.60. The summed E-state index contributed by atoms with van der Waals surface area (Å²) in [7, 11) is 1.93. The second kappa shape index (κ2) is 9.23. The van der Waals surface area contributed by atoms with Crippen LogP contribution in [0, 0.1) is 6.92 Å². The summed E-state index contributed by atoms with van der Waals surface area (Å²) in [6.07, 6.45) is 0.702. The molecule has 30 heavy (non-hydrogen) atoms. The molecule has 2 aromatic carbocycles. The number of carbonyl (C=O) groups is 1. The molecule has 0 aliphatic rings. The first-order chi connectivity index (χ1) is 14.6. The maximum absolute atomic E-state index is 13.2. The summed E-state index contributed by atoms with van der Waals surface area (Å²) in [5, 5.41) is 11.9. The Kier molecular flexibility index (Phi) is 6.25. The predicted octanol–water partition coefficient (Wildman–Crippen LogP) is 4.63. The zero-order valence-electron chi connectivity index (χ0n) is 16.7. The van der Waals surface area contributed by atoms with E-state index in [9.17, 15) is 4.79 Å². The van der Waals surface area contributed by atoms with Gasteiger partial charge < -0.3 is 4.57 Å². The van der Waals surface area contributed by atoms with E-state index in [-0.39, 0.29) is 11.7 Å². The highest BCUT2D eigenvalue weighted by atomic mass is 32.2. The van der Waals surface area contributed by atoms with Gasteiger partial charge in [0.25, 0.3) is 0 Å². The van der Waals surface area contributed by atoms with Crippen molar-refractivity contribution in [2.45, 2.75) is 18.5 Å². The number of carbonyl (C=O) groups excluding carboxylic acids is 1. The van der Waals surface area contributed by atoms with Gasteiger partial charge in [-0.2, -0.15) is 0 Å². The second-order valence-corrected chi connectivity index (χ2v) is 8.52. The molecule has 0 aliphatic carbocycles. The lowest BCUT2D eigenvalue weighted by molar-refractivity contribution is -0.115. The number of nitrogens with zero attached hydrogens (tertiary/aromatic N) is 5. The molecule has 6 nitrogen and oxygen atoms in total. The smallest absolute Gasteiger partial charge is 0.243 e. The fourth-order valence-electron chi connectivity index (χ4n) is 2.98. The van der Waals surface area contributed by atoms with Gasteiger partial charge in [0, 0.05) is 18.8 Å². The van der Waals surface area contributed by atoms with Gasteiger partial charge in [-0.25, -0.2) is 4.98 Å². The lowest BCUT2D eigenvalue weighted by atomic mass is 10.1. The minimum absolute atomic E-state index is 0.0480. The van der Waals surface area contributed by atoms with Crippen LogP contribution in [0.4, 0.5) is 10.8 Å². The number of aromatic nitrogens is 4. The Morgan fingerprint density at radius 2 is 1.77 bits per heavy atom. The summed E-state index contributed by atoms with van der Waals surface area (Å²) >= 11 is 2.85. The number of thiazole rings is 1. The van der Waals surface area contributed by atoms with Gasteiger partial charge in [0.1, 0.15) is 5.82 Å². The maximum atomic E-state index is 13.2. The Labute approximate surface area is 183 Å². The summed E-state index contributed by atoms with van der Waals surface area (Å²) < 4.78 is 1.95. The van der Waals surface area contributed by atoms with Crippen molar-refractivity contribution in [3.05, 3.63) is 83.1 Å². The zero-order valence-corrected chi connectivity index (χ0v) is 18.4. The normalized spacial score (nSPS) is 10.9. The van der Waals surface area contributed by atoms with Crippen LogP contribution >= 0.6 is 23.1 Å². The largest absolute Gasteiger partial charge is 0.309 e. The van der Waals surface area contributed by atoms with E-state index in [1.807, 2.05) is 72.4 Å². The fourth-order valence-corrected chi connectivity index (χ4v) is 4.59. The first-order valence-electron chi connectivity index (χ1n) is 9.47. The third-order valence-corrected chi connectivity index (χ3v) is 6.47. The van der Waals surface area contributed by atoms with Crippen LogP contribution in [-0.2, 0) is 18.3 Å². The van der Waals surface area contributed by atoms with E-state index in [4.69, 9.17) is 0 Å². The molecule has 0 N–H and O–H groups in total. The van der Waals surface area contributed by atoms with Crippen LogP contribution < -0.4 is 4.90 Å². The monoisotopic (exact) mass is 435 g/mol. The van der Waals surface area contributed by atoms with E-state index < -0.39 is 0 Å². The van der Waals surface area contributed by atoms with Gasteiger partial charge in [-0.15, -0.1) is 21.5 Å². The van der Waals surface area contributed by atoms with Crippen molar-refractivity contribution >= 4 is 39.8 Å². The van der Waals surface area contributed by atoms with E-state index in [1.54, 1.807) is 4.90 Å². The van der Waals surface area contributed by atoms with Gasteiger partial charge in [-0.1, -0.05) is 60.3 Å². The quantitative estimate of drug-likeness (QED) is 0.396. The summed E-state index contributed by atoms with van der Waals surface area (Å²) in [6, 6.07) is 19.8. The summed E-state index contributed by atoms with van der Waals surface area (Å²) in [5.41, 5.74) is 2.88. The highest BCUT2D eigenvalue weighted by Gasteiger charge is 2.22. The van der Waals surface area contributed by atoms with E-state index >= 15 is 0 Å². The zero-order chi connectivity index (χ0) is 20.9. The number of para-hydroxylation sites is 1. The van der Waals surface area contributed by atoms with Gasteiger partial charge in [0.05, 0.1) is 17.1 Å². The number of benzene rings is 2. The highest BCUT2D eigenvalue weighted by Crippen LogP contribution is 2.30. The number of amides is 1. The topological polar surface area (TPSA) is 63.9 Å². The number of rotatable bonds is 7. The van der Waals surface area contributed by atoms with Crippen LogP contribution in [0.2, 0.25) is 0 Å². The Morgan fingerprint density at radius 1 is 1.07 bits per heavy atom. The first-order valence-corrected chi connectivity index (χ1v) is 11.3.